The monoisotopic (exact) mass is 277 g/mol. The van der Waals surface area contributed by atoms with Crippen LogP contribution in [0.3, 0.4) is 0 Å². The summed E-state index contributed by atoms with van der Waals surface area (Å²) in [6.07, 6.45) is 0.930. The molecule has 0 amide bonds. The van der Waals surface area contributed by atoms with Gasteiger partial charge < -0.3 is 10.5 Å². The van der Waals surface area contributed by atoms with Gasteiger partial charge in [0.15, 0.2) is 0 Å². The van der Waals surface area contributed by atoms with E-state index in [1.165, 1.54) is 9.13 Å². The predicted octanol–water partition coefficient (Wildman–Crippen LogP) is 2.06. The Labute approximate surface area is 86.2 Å². The lowest BCUT2D eigenvalue weighted by Gasteiger charge is -2.04. The Balaban J connectivity index is 2.75. The maximum atomic E-state index is 5.66. The fraction of sp³-hybridized carbons (Fsp3) is 0.333. The van der Waals surface area contributed by atoms with Crippen LogP contribution >= 0.6 is 22.6 Å². The fourth-order valence-corrected chi connectivity index (χ4v) is 1.60. The molecule has 1 aromatic rings. The van der Waals surface area contributed by atoms with Crippen molar-refractivity contribution in [1.29, 1.82) is 0 Å². The van der Waals surface area contributed by atoms with Crippen LogP contribution in [0.15, 0.2) is 18.2 Å². The van der Waals surface area contributed by atoms with Gasteiger partial charge in [-0.05, 0) is 52.8 Å². The molecule has 0 radical (unpaired) electrons. The highest BCUT2D eigenvalue weighted by Gasteiger charge is 1.99. The number of anilines is 1. The molecule has 0 aliphatic carbocycles. The van der Waals surface area contributed by atoms with Gasteiger partial charge in [-0.3, -0.25) is 0 Å². The number of methoxy groups -OCH3 is 1. The average molecular weight is 277 g/mol. The molecule has 0 saturated heterocycles. The van der Waals surface area contributed by atoms with Crippen LogP contribution in [0.2, 0.25) is 0 Å². The normalized spacial score (nSPS) is 10.2. The van der Waals surface area contributed by atoms with Crippen LogP contribution in [-0.2, 0) is 11.2 Å². The molecule has 1 aromatic carbocycles. The van der Waals surface area contributed by atoms with Crippen LogP contribution in [0, 0.1) is 3.57 Å². The first-order chi connectivity index (χ1) is 5.74. The fourth-order valence-electron chi connectivity index (χ4n) is 0.998. The zero-order valence-corrected chi connectivity index (χ0v) is 9.17. The highest BCUT2D eigenvalue weighted by atomic mass is 127. The van der Waals surface area contributed by atoms with E-state index in [9.17, 15) is 0 Å². The quantitative estimate of drug-likeness (QED) is 0.678. The van der Waals surface area contributed by atoms with E-state index in [4.69, 9.17) is 10.5 Å². The molecule has 0 aromatic heterocycles. The Kier molecular flexibility index (Phi) is 3.81. The van der Waals surface area contributed by atoms with Crippen LogP contribution in [0.1, 0.15) is 5.56 Å². The van der Waals surface area contributed by atoms with E-state index < -0.39 is 0 Å². The number of benzene rings is 1. The summed E-state index contributed by atoms with van der Waals surface area (Å²) in [6, 6.07) is 5.94. The van der Waals surface area contributed by atoms with E-state index in [-0.39, 0.29) is 0 Å². The average Bonchev–Trinajstić information content (AvgIpc) is 2.07. The van der Waals surface area contributed by atoms with Gasteiger partial charge >= 0.3 is 0 Å². The molecule has 0 heterocycles. The van der Waals surface area contributed by atoms with E-state index >= 15 is 0 Å². The van der Waals surface area contributed by atoms with Crippen molar-refractivity contribution in [2.45, 2.75) is 6.42 Å². The third kappa shape index (κ3) is 2.64. The van der Waals surface area contributed by atoms with E-state index in [0.717, 1.165) is 18.7 Å². The largest absolute Gasteiger partial charge is 0.399 e. The van der Waals surface area contributed by atoms with Crippen molar-refractivity contribution in [3.05, 3.63) is 27.3 Å². The number of nitrogen functional groups attached to an aromatic ring is 1. The van der Waals surface area contributed by atoms with E-state index in [2.05, 4.69) is 22.6 Å². The Bertz CT molecular complexity index is 263. The summed E-state index contributed by atoms with van der Waals surface area (Å²) >= 11 is 2.31. The molecule has 0 aliphatic heterocycles. The van der Waals surface area contributed by atoms with Gasteiger partial charge in [-0.15, -0.1) is 0 Å². The molecule has 66 valence electrons. The number of halogens is 1. The minimum absolute atomic E-state index is 0.749. The zero-order valence-electron chi connectivity index (χ0n) is 7.01. The topological polar surface area (TPSA) is 35.2 Å². The highest BCUT2D eigenvalue weighted by molar-refractivity contribution is 14.1. The lowest BCUT2D eigenvalue weighted by molar-refractivity contribution is 0.202. The summed E-state index contributed by atoms with van der Waals surface area (Å²) in [4.78, 5) is 0. The van der Waals surface area contributed by atoms with Crippen molar-refractivity contribution in [2.75, 3.05) is 19.5 Å². The van der Waals surface area contributed by atoms with Gasteiger partial charge in [0.2, 0.25) is 0 Å². The first kappa shape index (κ1) is 9.80. The van der Waals surface area contributed by atoms with Gasteiger partial charge in [0.25, 0.3) is 0 Å². The molecule has 2 nitrogen and oxygen atoms in total. The smallest absolute Gasteiger partial charge is 0.0503 e. The second-order valence-corrected chi connectivity index (χ2v) is 3.76. The molecule has 1 rings (SSSR count). The Morgan fingerprint density at radius 1 is 1.50 bits per heavy atom. The lowest BCUT2D eigenvalue weighted by Crippen LogP contribution is -1.98. The van der Waals surface area contributed by atoms with Crippen molar-refractivity contribution in [3.63, 3.8) is 0 Å². The van der Waals surface area contributed by atoms with Crippen LogP contribution in [-0.4, -0.2) is 13.7 Å². The number of rotatable bonds is 3. The third-order valence-corrected chi connectivity index (χ3v) is 2.70. The van der Waals surface area contributed by atoms with Crippen LogP contribution in [0.25, 0.3) is 0 Å². The Morgan fingerprint density at radius 2 is 2.25 bits per heavy atom. The Morgan fingerprint density at radius 3 is 2.92 bits per heavy atom. The van der Waals surface area contributed by atoms with E-state index in [1.807, 2.05) is 18.2 Å². The predicted molar refractivity (Wildman–Crippen MR) is 59.2 cm³/mol. The summed E-state index contributed by atoms with van der Waals surface area (Å²) in [6.45, 7) is 0.749. The molecule has 0 bridgehead atoms. The van der Waals surface area contributed by atoms with Crippen LogP contribution < -0.4 is 5.73 Å². The summed E-state index contributed by atoms with van der Waals surface area (Å²) in [5.41, 5.74) is 7.74. The maximum Gasteiger partial charge on any atom is 0.0503 e. The molecule has 0 fully saturated rings. The minimum Gasteiger partial charge on any atom is -0.399 e. The van der Waals surface area contributed by atoms with Crippen LogP contribution in [0.5, 0.6) is 0 Å². The number of nitrogens with two attached hydrogens (primary N) is 1. The number of ether oxygens (including phenoxy) is 1. The molecule has 0 saturated carbocycles. The summed E-state index contributed by atoms with van der Waals surface area (Å²) in [5.74, 6) is 0. The second kappa shape index (κ2) is 4.67. The highest BCUT2D eigenvalue weighted by Crippen LogP contribution is 2.16. The molecule has 3 heteroatoms. The van der Waals surface area contributed by atoms with E-state index in [1.54, 1.807) is 7.11 Å². The first-order valence-electron chi connectivity index (χ1n) is 3.77. The Hall–Kier alpha value is -0.290. The SMILES string of the molecule is COCCc1cc(N)ccc1I. The standard InChI is InChI=1S/C9H12INO/c1-12-5-4-7-6-8(11)2-3-9(7)10/h2-3,6H,4-5,11H2,1H3. The van der Waals surface area contributed by atoms with Crippen molar-refractivity contribution in [2.24, 2.45) is 0 Å². The van der Waals surface area contributed by atoms with Gasteiger partial charge in [-0.2, -0.15) is 0 Å². The first-order valence-corrected chi connectivity index (χ1v) is 4.84. The molecule has 0 aliphatic rings. The molecule has 0 atom stereocenters. The van der Waals surface area contributed by atoms with Crippen LogP contribution in [0.4, 0.5) is 5.69 Å². The molecule has 12 heavy (non-hydrogen) atoms. The third-order valence-electron chi connectivity index (χ3n) is 1.65. The second-order valence-electron chi connectivity index (χ2n) is 2.59. The maximum absolute atomic E-state index is 5.66. The van der Waals surface area contributed by atoms with Gasteiger partial charge in [0.1, 0.15) is 0 Å². The summed E-state index contributed by atoms with van der Waals surface area (Å²) in [7, 11) is 1.71. The lowest BCUT2D eigenvalue weighted by atomic mass is 10.1. The summed E-state index contributed by atoms with van der Waals surface area (Å²) in [5, 5.41) is 0. The van der Waals surface area contributed by atoms with Crippen molar-refractivity contribution < 1.29 is 4.74 Å². The van der Waals surface area contributed by atoms with Crippen molar-refractivity contribution in [1.82, 2.24) is 0 Å². The van der Waals surface area contributed by atoms with Gasteiger partial charge in [-0.25, -0.2) is 0 Å². The number of hydrogen-bond donors (Lipinski definition) is 1. The molecule has 0 unspecified atom stereocenters. The number of hydrogen-bond acceptors (Lipinski definition) is 2. The van der Waals surface area contributed by atoms with Gasteiger partial charge in [0.05, 0.1) is 6.61 Å². The molecule has 0 spiro atoms. The minimum atomic E-state index is 0.749. The van der Waals surface area contributed by atoms with Gasteiger partial charge in [-0.1, -0.05) is 0 Å². The molecule has 2 N–H and O–H groups in total. The van der Waals surface area contributed by atoms with Gasteiger partial charge in [0, 0.05) is 16.4 Å². The summed E-state index contributed by atoms with van der Waals surface area (Å²) < 4.78 is 6.25. The van der Waals surface area contributed by atoms with Crippen molar-refractivity contribution >= 4 is 28.3 Å². The molecular formula is C9H12INO. The van der Waals surface area contributed by atoms with Crippen molar-refractivity contribution in [3.8, 4) is 0 Å². The molecular weight excluding hydrogens is 265 g/mol. The zero-order chi connectivity index (χ0) is 8.97. The van der Waals surface area contributed by atoms with E-state index in [0.29, 0.717) is 0 Å².